The quantitative estimate of drug-likeness (QED) is 0.885. The second-order valence-electron chi connectivity index (χ2n) is 6.67. The maximum Gasteiger partial charge on any atom is 0.317 e. The number of carbonyl (C=O) groups excluding carboxylic acids is 1. The molecule has 1 aromatic carbocycles. The SMILES string of the molecule is CN(CC(=O)O)C1CCCN(C(=O)c2ccn(-c3ccccc3)n2)CC1. The van der Waals surface area contributed by atoms with Gasteiger partial charge in [-0.15, -0.1) is 0 Å². The van der Waals surface area contributed by atoms with Crippen LogP contribution < -0.4 is 0 Å². The second-order valence-corrected chi connectivity index (χ2v) is 6.67. The first kappa shape index (κ1) is 18.1. The Bertz CT molecular complexity index is 759. The molecule has 1 aromatic heterocycles. The summed E-state index contributed by atoms with van der Waals surface area (Å²) in [6.07, 6.45) is 4.32. The molecule has 2 aromatic rings. The highest BCUT2D eigenvalue weighted by molar-refractivity contribution is 5.92. The van der Waals surface area contributed by atoms with Crippen LogP contribution in [0.15, 0.2) is 42.6 Å². The highest BCUT2D eigenvalue weighted by Gasteiger charge is 2.25. The van der Waals surface area contributed by atoms with Crippen molar-refractivity contribution < 1.29 is 14.7 Å². The highest BCUT2D eigenvalue weighted by atomic mass is 16.4. The number of benzene rings is 1. The van der Waals surface area contributed by atoms with E-state index in [-0.39, 0.29) is 18.5 Å². The Balaban J connectivity index is 1.64. The van der Waals surface area contributed by atoms with Crippen LogP contribution in [0.2, 0.25) is 0 Å². The van der Waals surface area contributed by atoms with Crippen molar-refractivity contribution in [3.8, 4) is 5.69 Å². The van der Waals surface area contributed by atoms with Crippen molar-refractivity contribution in [3.63, 3.8) is 0 Å². The minimum absolute atomic E-state index is 0.0279. The lowest BCUT2D eigenvalue weighted by Gasteiger charge is -2.25. The van der Waals surface area contributed by atoms with E-state index in [4.69, 9.17) is 5.11 Å². The molecule has 3 rings (SSSR count). The van der Waals surface area contributed by atoms with Gasteiger partial charge in [0.25, 0.3) is 5.91 Å². The molecule has 0 radical (unpaired) electrons. The Kier molecular flexibility index (Phi) is 5.68. The molecule has 7 heteroatoms. The Hall–Kier alpha value is -2.67. The highest BCUT2D eigenvalue weighted by Crippen LogP contribution is 2.17. The molecule has 1 N–H and O–H groups in total. The van der Waals surface area contributed by atoms with Gasteiger partial charge in [0.1, 0.15) is 0 Å². The summed E-state index contributed by atoms with van der Waals surface area (Å²) < 4.78 is 1.70. The number of rotatable bonds is 5. The molecule has 1 fully saturated rings. The topological polar surface area (TPSA) is 78.7 Å². The van der Waals surface area contributed by atoms with E-state index in [1.54, 1.807) is 16.9 Å². The van der Waals surface area contributed by atoms with Crippen molar-refractivity contribution in [1.82, 2.24) is 19.6 Å². The van der Waals surface area contributed by atoms with Crippen LogP contribution in [0.25, 0.3) is 5.69 Å². The number of amides is 1. The van der Waals surface area contributed by atoms with Crippen LogP contribution in [-0.4, -0.2) is 69.3 Å². The molecule has 2 heterocycles. The average Bonchev–Trinajstić information content (AvgIpc) is 2.99. The largest absolute Gasteiger partial charge is 0.480 e. The van der Waals surface area contributed by atoms with E-state index < -0.39 is 5.97 Å². The number of carbonyl (C=O) groups is 2. The number of carboxylic acid groups (broad SMARTS) is 1. The summed E-state index contributed by atoms with van der Waals surface area (Å²) in [5.74, 6) is -0.891. The summed E-state index contributed by atoms with van der Waals surface area (Å²) in [6, 6.07) is 11.6. The Morgan fingerprint density at radius 2 is 1.96 bits per heavy atom. The summed E-state index contributed by atoms with van der Waals surface area (Å²) >= 11 is 0. The summed E-state index contributed by atoms with van der Waals surface area (Å²) in [7, 11) is 1.83. The molecule has 0 saturated carbocycles. The van der Waals surface area contributed by atoms with Crippen LogP contribution in [0.3, 0.4) is 0 Å². The van der Waals surface area contributed by atoms with Gasteiger partial charge < -0.3 is 10.0 Å². The first-order chi connectivity index (χ1) is 12.5. The van der Waals surface area contributed by atoms with Gasteiger partial charge in [0.2, 0.25) is 0 Å². The molecule has 1 aliphatic heterocycles. The number of likely N-dealkylation sites (tertiary alicyclic amines) is 1. The maximum absolute atomic E-state index is 12.8. The van der Waals surface area contributed by atoms with E-state index in [0.29, 0.717) is 18.8 Å². The van der Waals surface area contributed by atoms with E-state index in [2.05, 4.69) is 5.10 Å². The monoisotopic (exact) mass is 356 g/mol. The number of aromatic nitrogens is 2. The zero-order valence-electron chi connectivity index (χ0n) is 14.9. The van der Waals surface area contributed by atoms with Crippen molar-refractivity contribution in [2.45, 2.75) is 25.3 Å². The summed E-state index contributed by atoms with van der Waals surface area (Å²) in [6.45, 7) is 1.32. The minimum atomic E-state index is -0.823. The molecule has 0 bridgehead atoms. The number of likely N-dealkylation sites (N-methyl/N-ethyl adjacent to an activating group) is 1. The van der Waals surface area contributed by atoms with Crippen molar-refractivity contribution in [2.24, 2.45) is 0 Å². The van der Waals surface area contributed by atoms with E-state index in [9.17, 15) is 9.59 Å². The van der Waals surface area contributed by atoms with Crippen molar-refractivity contribution in [1.29, 1.82) is 0 Å². The van der Waals surface area contributed by atoms with Crippen LogP contribution in [0.1, 0.15) is 29.8 Å². The second kappa shape index (κ2) is 8.14. The van der Waals surface area contributed by atoms with Gasteiger partial charge in [-0.1, -0.05) is 18.2 Å². The molecular weight excluding hydrogens is 332 g/mol. The van der Waals surface area contributed by atoms with E-state index >= 15 is 0 Å². The molecular formula is C19H24N4O3. The fourth-order valence-electron chi connectivity index (χ4n) is 3.39. The van der Waals surface area contributed by atoms with E-state index in [0.717, 1.165) is 24.9 Å². The van der Waals surface area contributed by atoms with Crippen LogP contribution >= 0.6 is 0 Å². The van der Waals surface area contributed by atoms with Crippen LogP contribution in [0.4, 0.5) is 0 Å². The zero-order valence-corrected chi connectivity index (χ0v) is 14.9. The Labute approximate surface area is 152 Å². The first-order valence-corrected chi connectivity index (χ1v) is 8.87. The summed E-state index contributed by atoms with van der Waals surface area (Å²) in [5, 5.41) is 13.4. The minimum Gasteiger partial charge on any atom is -0.480 e. The van der Waals surface area contributed by atoms with Gasteiger partial charge in [-0.05, 0) is 44.5 Å². The normalized spacial score (nSPS) is 17.9. The molecule has 26 heavy (non-hydrogen) atoms. The first-order valence-electron chi connectivity index (χ1n) is 8.87. The van der Waals surface area contributed by atoms with Crippen LogP contribution in [0, 0.1) is 0 Å². The lowest BCUT2D eigenvalue weighted by atomic mass is 10.1. The maximum atomic E-state index is 12.8. The third-order valence-electron chi connectivity index (χ3n) is 4.82. The lowest BCUT2D eigenvalue weighted by Crippen LogP contribution is -2.37. The molecule has 1 amide bonds. The standard InChI is InChI=1S/C19H24N4O3/c1-21(14-18(24)25)15-8-5-11-22(12-9-15)19(26)17-10-13-23(20-17)16-6-3-2-4-7-16/h2-4,6-7,10,13,15H,5,8-9,11-12,14H2,1H3,(H,24,25). The molecule has 1 saturated heterocycles. The van der Waals surface area contributed by atoms with Gasteiger partial charge in [0.15, 0.2) is 5.69 Å². The molecule has 0 aliphatic carbocycles. The third-order valence-corrected chi connectivity index (χ3v) is 4.82. The molecule has 7 nitrogen and oxygen atoms in total. The Morgan fingerprint density at radius 1 is 1.19 bits per heavy atom. The molecule has 1 aliphatic rings. The lowest BCUT2D eigenvalue weighted by molar-refractivity contribution is -0.138. The van der Waals surface area contributed by atoms with Gasteiger partial charge >= 0.3 is 5.97 Å². The fraction of sp³-hybridized carbons (Fsp3) is 0.421. The average molecular weight is 356 g/mol. The molecule has 0 spiro atoms. The number of hydrogen-bond acceptors (Lipinski definition) is 4. The molecule has 1 atom stereocenters. The molecule has 138 valence electrons. The van der Waals surface area contributed by atoms with Crippen LogP contribution in [0.5, 0.6) is 0 Å². The van der Waals surface area contributed by atoms with Gasteiger partial charge in [-0.2, -0.15) is 5.10 Å². The number of para-hydroxylation sites is 1. The summed E-state index contributed by atoms with van der Waals surface area (Å²) in [4.78, 5) is 27.4. The number of aliphatic carboxylic acids is 1. The van der Waals surface area contributed by atoms with Gasteiger partial charge in [0.05, 0.1) is 12.2 Å². The zero-order chi connectivity index (χ0) is 18.5. The van der Waals surface area contributed by atoms with E-state index in [1.165, 1.54) is 0 Å². The van der Waals surface area contributed by atoms with Gasteiger partial charge in [-0.25, -0.2) is 4.68 Å². The summed E-state index contributed by atoms with van der Waals surface area (Å²) in [5.41, 5.74) is 1.35. The van der Waals surface area contributed by atoms with Gasteiger partial charge in [0, 0.05) is 25.3 Å². The van der Waals surface area contributed by atoms with Crippen molar-refractivity contribution >= 4 is 11.9 Å². The fourth-order valence-corrected chi connectivity index (χ4v) is 3.39. The smallest absolute Gasteiger partial charge is 0.317 e. The third kappa shape index (κ3) is 4.29. The number of hydrogen-bond donors (Lipinski definition) is 1. The predicted octanol–water partition coefficient (Wildman–Crippen LogP) is 1.88. The Morgan fingerprint density at radius 3 is 2.69 bits per heavy atom. The predicted molar refractivity (Wildman–Crippen MR) is 97.4 cm³/mol. The van der Waals surface area contributed by atoms with Gasteiger partial charge in [-0.3, -0.25) is 14.5 Å². The van der Waals surface area contributed by atoms with Crippen molar-refractivity contribution in [3.05, 3.63) is 48.3 Å². The number of carboxylic acids is 1. The van der Waals surface area contributed by atoms with Crippen LogP contribution in [-0.2, 0) is 4.79 Å². The van der Waals surface area contributed by atoms with Crippen molar-refractivity contribution in [2.75, 3.05) is 26.7 Å². The van der Waals surface area contributed by atoms with E-state index in [1.807, 2.05) is 47.2 Å². The number of nitrogens with zero attached hydrogens (tertiary/aromatic N) is 4. The molecule has 1 unspecified atom stereocenters.